The molecule has 4 rings (SSSR count). The number of nitrogens with zero attached hydrogens (tertiary/aromatic N) is 3. The molecule has 2 aromatic rings. The van der Waals surface area contributed by atoms with Crippen molar-refractivity contribution < 1.29 is 19.1 Å². The molecule has 0 N–H and O–H groups in total. The summed E-state index contributed by atoms with van der Waals surface area (Å²) in [6.45, 7) is 3.73. The lowest BCUT2D eigenvalue weighted by Gasteiger charge is -2.22. The number of rotatable bonds is 5. The Hall–Kier alpha value is -3.19. The monoisotopic (exact) mass is 411 g/mol. The van der Waals surface area contributed by atoms with E-state index in [4.69, 9.17) is 16.3 Å². The smallest absolute Gasteiger partial charge is 0.259 e. The predicted molar refractivity (Wildman–Crippen MR) is 109 cm³/mol. The highest BCUT2D eigenvalue weighted by molar-refractivity contribution is 6.48. The summed E-state index contributed by atoms with van der Waals surface area (Å²) in [6.07, 6.45) is 0. The van der Waals surface area contributed by atoms with Gasteiger partial charge in [-0.25, -0.2) is 4.90 Å². The van der Waals surface area contributed by atoms with Crippen molar-refractivity contribution in [3.05, 3.63) is 53.6 Å². The quantitative estimate of drug-likeness (QED) is 0.706. The van der Waals surface area contributed by atoms with Gasteiger partial charge in [0.25, 0.3) is 5.91 Å². The Balaban J connectivity index is 1.73. The Kier molecular flexibility index (Phi) is 4.84. The van der Waals surface area contributed by atoms with Gasteiger partial charge in [-0.2, -0.15) is 5.10 Å². The van der Waals surface area contributed by atoms with Crippen molar-refractivity contribution in [2.24, 2.45) is 11.0 Å². The first-order chi connectivity index (χ1) is 13.9. The Morgan fingerprint density at radius 3 is 2.24 bits per heavy atom. The Morgan fingerprint density at radius 2 is 1.66 bits per heavy atom. The molecule has 2 heterocycles. The van der Waals surface area contributed by atoms with Crippen molar-refractivity contribution in [1.29, 1.82) is 0 Å². The fraction of sp³-hybridized carbons (Fsp3) is 0.238. The van der Waals surface area contributed by atoms with Crippen LogP contribution in [0, 0.1) is 5.92 Å². The molecule has 1 saturated heterocycles. The van der Waals surface area contributed by atoms with Crippen LogP contribution in [0.4, 0.5) is 11.4 Å². The minimum atomic E-state index is -0.942. The first-order valence-electron chi connectivity index (χ1n) is 9.17. The van der Waals surface area contributed by atoms with Crippen LogP contribution in [-0.2, 0) is 14.4 Å². The second-order valence-corrected chi connectivity index (χ2v) is 7.16. The highest BCUT2D eigenvalue weighted by Gasteiger charge is 2.58. The molecule has 0 saturated carbocycles. The number of hydrazone groups is 1. The van der Waals surface area contributed by atoms with Gasteiger partial charge in [-0.1, -0.05) is 11.6 Å². The van der Waals surface area contributed by atoms with E-state index in [1.54, 1.807) is 48.5 Å². The van der Waals surface area contributed by atoms with Crippen molar-refractivity contribution in [2.75, 3.05) is 16.5 Å². The fourth-order valence-corrected chi connectivity index (χ4v) is 3.75. The second-order valence-electron chi connectivity index (χ2n) is 6.72. The number of anilines is 2. The van der Waals surface area contributed by atoms with E-state index in [0.717, 1.165) is 4.90 Å². The van der Waals surface area contributed by atoms with Gasteiger partial charge in [-0.15, -0.1) is 0 Å². The summed E-state index contributed by atoms with van der Waals surface area (Å²) in [5, 5.41) is 6.28. The van der Waals surface area contributed by atoms with Crippen molar-refractivity contribution in [1.82, 2.24) is 0 Å². The van der Waals surface area contributed by atoms with Crippen LogP contribution in [-0.4, -0.2) is 36.0 Å². The van der Waals surface area contributed by atoms with Gasteiger partial charge in [-0.05, 0) is 55.5 Å². The Bertz CT molecular complexity index is 1020. The molecule has 29 heavy (non-hydrogen) atoms. The van der Waals surface area contributed by atoms with E-state index in [-0.39, 0.29) is 11.5 Å². The molecule has 8 heteroatoms. The highest BCUT2D eigenvalue weighted by Crippen LogP contribution is 2.38. The van der Waals surface area contributed by atoms with Crippen LogP contribution in [0.1, 0.15) is 13.8 Å². The summed E-state index contributed by atoms with van der Waals surface area (Å²) in [7, 11) is 0. The molecule has 0 spiro atoms. The minimum Gasteiger partial charge on any atom is -0.494 e. The third kappa shape index (κ3) is 3.17. The molecule has 0 aromatic heterocycles. The van der Waals surface area contributed by atoms with Gasteiger partial charge >= 0.3 is 0 Å². The van der Waals surface area contributed by atoms with Crippen LogP contribution < -0.4 is 14.6 Å². The first-order valence-corrected chi connectivity index (χ1v) is 9.55. The number of ether oxygens (including phenoxy) is 1. The maximum atomic E-state index is 13.2. The normalized spacial score (nSPS) is 20.7. The third-order valence-electron chi connectivity index (χ3n) is 4.91. The van der Waals surface area contributed by atoms with Gasteiger partial charge in [0.2, 0.25) is 5.91 Å². The standard InChI is InChI=1S/C21H18ClN3O4/c1-3-29-16-10-8-14(9-11-16)24-20(27)17-18(12(2)26)23-25(19(17)21(24)28)15-6-4-13(22)5-7-15/h4-11,17,19H,3H2,1-2H3/t17-,19+/m1/s1. The fourth-order valence-electron chi connectivity index (χ4n) is 3.62. The number of Topliss-reactive ketones (excluding diaryl/α,β-unsaturated/α-hetero) is 1. The molecular weight excluding hydrogens is 394 g/mol. The minimum absolute atomic E-state index is 0.0803. The van der Waals surface area contributed by atoms with Crippen molar-refractivity contribution >= 4 is 46.3 Å². The van der Waals surface area contributed by atoms with Gasteiger partial charge in [-0.3, -0.25) is 19.4 Å². The van der Waals surface area contributed by atoms with Crippen LogP contribution in [0.25, 0.3) is 0 Å². The largest absolute Gasteiger partial charge is 0.494 e. The Morgan fingerprint density at radius 1 is 1.03 bits per heavy atom. The van der Waals surface area contributed by atoms with Crippen LogP contribution >= 0.6 is 11.6 Å². The predicted octanol–water partition coefficient (Wildman–Crippen LogP) is 3.06. The molecule has 2 aromatic carbocycles. The number of hydrogen-bond acceptors (Lipinski definition) is 6. The molecule has 0 bridgehead atoms. The first kappa shape index (κ1) is 19.1. The molecule has 0 unspecified atom stereocenters. The second kappa shape index (κ2) is 7.33. The molecule has 0 radical (unpaired) electrons. The topological polar surface area (TPSA) is 79.3 Å². The van der Waals surface area contributed by atoms with Crippen LogP contribution in [0.15, 0.2) is 53.6 Å². The van der Waals surface area contributed by atoms with Crippen LogP contribution in [0.2, 0.25) is 5.02 Å². The number of carbonyl (C=O) groups excluding carboxylic acids is 3. The zero-order valence-electron chi connectivity index (χ0n) is 15.8. The summed E-state index contributed by atoms with van der Waals surface area (Å²) in [5.41, 5.74) is 1.09. The van der Waals surface area contributed by atoms with Crippen molar-refractivity contribution in [2.45, 2.75) is 19.9 Å². The summed E-state index contributed by atoms with van der Waals surface area (Å²) in [6, 6.07) is 12.5. The van der Waals surface area contributed by atoms with Gasteiger partial charge in [0.1, 0.15) is 23.4 Å². The summed E-state index contributed by atoms with van der Waals surface area (Å²) >= 11 is 5.95. The van der Waals surface area contributed by atoms with Crippen LogP contribution in [0.5, 0.6) is 5.75 Å². The number of carbonyl (C=O) groups is 3. The van der Waals surface area contributed by atoms with Gasteiger partial charge < -0.3 is 4.74 Å². The molecule has 7 nitrogen and oxygen atoms in total. The zero-order chi connectivity index (χ0) is 20.7. The maximum Gasteiger partial charge on any atom is 0.259 e. The SMILES string of the molecule is CCOc1ccc(N2C(=O)[C@@H]3C(C(C)=O)=NN(c4ccc(Cl)cc4)[C@@H]3C2=O)cc1. The lowest BCUT2D eigenvalue weighted by atomic mass is 9.95. The van der Waals surface area contributed by atoms with E-state index in [2.05, 4.69) is 5.10 Å². The number of imide groups is 1. The summed E-state index contributed by atoms with van der Waals surface area (Å²) in [4.78, 5) is 39.7. The van der Waals surface area contributed by atoms with E-state index in [1.165, 1.54) is 11.9 Å². The van der Waals surface area contributed by atoms with Crippen molar-refractivity contribution in [3.8, 4) is 5.75 Å². The van der Waals surface area contributed by atoms with Crippen molar-refractivity contribution in [3.63, 3.8) is 0 Å². The number of amides is 2. The summed E-state index contributed by atoms with van der Waals surface area (Å²) < 4.78 is 5.41. The number of ketones is 1. The number of fused-ring (bicyclic) bond motifs is 1. The van der Waals surface area contributed by atoms with Gasteiger partial charge in [0.05, 0.1) is 18.0 Å². The van der Waals surface area contributed by atoms with Gasteiger partial charge in [0, 0.05) is 11.9 Å². The molecule has 148 valence electrons. The number of halogens is 1. The average molecular weight is 412 g/mol. The molecule has 2 atom stereocenters. The summed E-state index contributed by atoms with van der Waals surface area (Å²) in [5.74, 6) is -1.54. The number of hydrogen-bond donors (Lipinski definition) is 0. The molecule has 2 aliphatic heterocycles. The van der Waals surface area contributed by atoms with E-state index < -0.39 is 23.8 Å². The molecule has 2 amide bonds. The highest BCUT2D eigenvalue weighted by atomic mass is 35.5. The molecule has 2 aliphatic rings. The average Bonchev–Trinajstić information content (AvgIpc) is 3.21. The molecule has 1 fully saturated rings. The van der Waals surface area contributed by atoms with Gasteiger partial charge in [0.15, 0.2) is 5.78 Å². The molecular formula is C21H18ClN3O4. The number of benzene rings is 2. The third-order valence-corrected chi connectivity index (χ3v) is 5.16. The van der Waals surface area contributed by atoms with Crippen LogP contribution in [0.3, 0.4) is 0 Å². The Labute approximate surface area is 172 Å². The van der Waals surface area contributed by atoms with E-state index >= 15 is 0 Å². The molecule has 0 aliphatic carbocycles. The van der Waals surface area contributed by atoms with E-state index in [0.29, 0.717) is 28.8 Å². The van der Waals surface area contributed by atoms with E-state index in [9.17, 15) is 14.4 Å². The lowest BCUT2D eigenvalue weighted by molar-refractivity contribution is -0.122. The maximum absolute atomic E-state index is 13.2. The zero-order valence-corrected chi connectivity index (χ0v) is 16.6. The lowest BCUT2D eigenvalue weighted by Crippen LogP contribution is -2.39. The van der Waals surface area contributed by atoms with E-state index in [1.807, 2.05) is 6.92 Å².